The summed E-state index contributed by atoms with van der Waals surface area (Å²) in [7, 11) is 4.01. The number of methoxy groups -OCH3 is 1. The molecule has 0 heterocycles. The van der Waals surface area contributed by atoms with Crippen LogP contribution >= 0.6 is 0 Å². The standard InChI is InChI=1S/C15H32N2O/c1-5-17(3)13-15(12-16-10-11-18-4)8-6-14(2)7-9-15/h14,16H,5-13H2,1-4H3. The van der Waals surface area contributed by atoms with Gasteiger partial charge in [-0.1, -0.05) is 26.7 Å². The summed E-state index contributed by atoms with van der Waals surface area (Å²) in [6.07, 6.45) is 5.53. The number of nitrogens with one attached hydrogen (secondary N) is 1. The first-order valence-electron chi connectivity index (χ1n) is 7.50. The smallest absolute Gasteiger partial charge is 0.0587 e. The first kappa shape index (κ1) is 15.9. The zero-order valence-electron chi connectivity index (χ0n) is 12.8. The van der Waals surface area contributed by atoms with Crippen LogP contribution in [-0.2, 0) is 4.74 Å². The molecule has 0 atom stereocenters. The molecule has 0 amide bonds. The molecule has 1 fully saturated rings. The van der Waals surface area contributed by atoms with Crippen molar-refractivity contribution in [1.29, 1.82) is 0 Å². The van der Waals surface area contributed by atoms with Gasteiger partial charge in [-0.3, -0.25) is 0 Å². The SMILES string of the molecule is CCN(C)CC1(CNCCOC)CCC(C)CC1. The van der Waals surface area contributed by atoms with E-state index in [1.807, 2.05) is 0 Å². The second-order valence-corrected chi connectivity index (χ2v) is 6.18. The molecule has 0 aromatic carbocycles. The average Bonchev–Trinajstić information content (AvgIpc) is 2.38. The summed E-state index contributed by atoms with van der Waals surface area (Å²) in [5, 5.41) is 3.59. The summed E-state index contributed by atoms with van der Waals surface area (Å²) in [6.45, 7) is 9.96. The van der Waals surface area contributed by atoms with Crippen LogP contribution in [0.5, 0.6) is 0 Å². The van der Waals surface area contributed by atoms with Gasteiger partial charge in [0.15, 0.2) is 0 Å². The van der Waals surface area contributed by atoms with Crippen LogP contribution in [0.1, 0.15) is 39.5 Å². The molecule has 0 saturated heterocycles. The molecule has 1 aliphatic rings. The van der Waals surface area contributed by atoms with Crippen LogP contribution < -0.4 is 5.32 Å². The molecule has 0 aliphatic heterocycles. The Hall–Kier alpha value is -0.120. The van der Waals surface area contributed by atoms with E-state index in [0.29, 0.717) is 5.41 Å². The Morgan fingerprint density at radius 3 is 2.56 bits per heavy atom. The van der Waals surface area contributed by atoms with Crippen molar-refractivity contribution in [2.24, 2.45) is 11.3 Å². The Labute approximate surface area is 113 Å². The van der Waals surface area contributed by atoms with Crippen molar-refractivity contribution in [2.75, 3.05) is 46.9 Å². The van der Waals surface area contributed by atoms with Gasteiger partial charge in [0.1, 0.15) is 0 Å². The highest BCUT2D eigenvalue weighted by atomic mass is 16.5. The number of rotatable bonds is 8. The zero-order chi connectivity index (χ0) is 13.4. The second-order valence-electron chi connectivity index (χ2n) is 6.18. The minimum absolute atomic E-state index is 0.491. The van der Waals surface area contributed by atoms with Gasteiger partial charge in [-0.25, -0.2) is 0 Å². The number of hydrogen-bond acceptors (Lipinski definition) is 3. The summed E-state index contributed by atoms with van der Waals surface area (Å²) in [5.41, 5.74) is 0.491. The zero-order valence-corrected chi connectivity index (χ0v) is 12.8. The lowest BCUT2D eigenvalue weighted by molar-refractivity contribution is 0.0978. The van der Waals surface area contributed by atoms with Gasteiger partial charge in [-0.2, -0.15) is 0 Å². The first-order chi connectivity index (χ1) is 8.62. The maximum absolute atomic E-state index is 5.11. The van der Waals surface area contributed by atoms with Crippen LogP contribution in [-0.4, -0.2) is 51.8 Å². The fourth-order valence-electron chi connectivity index (χ4n) is 2.98. The van der Waals surface area contributed by atoms with Crippen molar-refractivity contribution < 1.29 is 4.74 Å². The van der Waals surface area contributed by atoms with Crippen molar-refractivity contribution in [2.45, 2.75) is 39.5 Å². The molecule has 0 aromatic heterocycles. The predicted octanol–water partition coefficient (Wildman–Crippen LogP) is 2.37. The predicted molar refractivity (Wildman–Crippen MR) is 78.0 cm³/mol. The van der Waals surface area contributed by atoms with Crippen molar-refractivity contribution in [1.82, 2.24) is 10.2 Å². The van der Waals surface area contributed by atoms with Gasteiger partial charge in [0.2, 0.25) is 0 Å². The Bertz CT molecular complexity index is 213. The molecule has 1 N–H and O–H groups in total. The lowest BCUT2D eigenvalue weighted by atomic mass is 9.70. The Kier molecular flexibility index (Phi) is 7.20. The molecule has 1 rings (SSSR count). The number of hydrogen-bond donors (Lipinski definition) is 1. The van der Waals surface area contributed by atoms with Crippen LogP contribution in [0.25, 0.3) is 0 Å². The fourth-order valence-corrected chi connectivity index (χ4v) is 2.98. The highest BCUT2D eigenvalue weighted by molar-refractivity contribution is 4.88. The van der Waals surface area contributed by atoms with Crippen LogP contribution in [0.15, 0.2) is 0 Å². The third-order valence-corrected chi connectivity index (χ3v) is 4.46. The first-order valence-corrected chi connectivity index (χ1v) is 7.50. The molecule has 3 heteroatoms. The largest absolute Gasteiger partial charge is 0.383 e. The molecular formula is C15H32N2O. The van der Waals surface area contributed by atoms with E-state index < -0.39 is 0 Å². The van der Waals surface area contributed by atoms with Crippen LogP contribution in [0.2, 0.25) is 0 Å². The molecular weight excluding hydrogens is 224 g/mol. The third-order valence-electron chi connectivity index (χ3n) is 4.46. The van der Waals surface area contributed by atoms with Gasteiger partial charge >= 0.3 is 0 Å². The Morgan fingerprint density at radius 1 is 1.33 bits per heavy atom. The van der Waals surface area contributed by atoms with Crippen molar-refractivity contribution in [3.8, 4) is 0 Å². The molecule has 3 nitrogen and oxygen atoms in total. The molecule has 0 bridgehead atoms. The maximum Gasteiger partial charge on any atom is 0.0587 e. The maximum atomic E-state index is 5.11. The monoisotopic (exact) mass is 256 g/mol. The van der Waals surface area contributed by atoms with Gasteiger partial charge in [-0.05, 0) is 37.8 Å². The van der Waals surface area contributed by atoms with Crippen LogP contribution in [0.3, 0.4) is 0 Å². The lowest BCUT2D eigenvalue weighted by Gasteiger charge is -2.42. The van der Waals surface area contributed by atoms with E-state index in [2.05, 4.69) is 31.1 Å². The molecule has 18 heavy (non-hydrogen) atoms. The van der Waals surface area contributed by atoms with Crippen LogP contribution in [0, 0.1) is 11.3 Å². The second kappa shape index (κ2) is 8.13. The van der Waals surface area contributed by atoms with E-state index in [1.165, 1.54) is 32.2 Å². The summed E-state index contributed by atoms with van der Waals surface area (Å²) in [6, 6.07) is 0. The number of nitrogens with zero attached hydrogens (tertiary/aromatic N) is 1. The molecule has 108 valence electrons. The van der Waals surface area contributed by atoms with E-state index >= 15 is 0 Å². The normalized spacial score (nSPS) is 28.8. The van der Waals surface area contributed by atoms with E-state index in [1.54, 1.807) is 7.11 Å². The Morgan fingerprint density at radius 2 is 2.00 bits per heavy atom. The molecule has 0 spiro atoms. The minimum Gasteiger partial charge on any atom is -0.383 e. The lowest BCUT2D eigenvalue weighted by Crippen LogP contribution is -2.45. The van der Waals surface area contributed by atoms with E-state index in [9.17, 15) is 0 Å². The quantitative estimate of drug-likeness (QED) is 0.675. The highest BCUT2D eigenvalue weighted by Crippen LogP contribution is 2.38. The summed E-state index contributed by atoms with van der Waals surface area (Å²) >= 11 is 0. The average molecular weight is 256 g/mol. The summed E-state index contributed by atoms with van der Waals surface area (Å²) in [4.78, 5) is 2.47. The van der Waals surface area contributed by atoms with Gasteiger partial charge in [0, 0.05) is 26.7 Å². The van der Waals surface area contributed by atoms with Crippen molar-refractivity contribution in [3.63, 3.8) is 0 Å². The van der Waals surface area contributed by atoms with E-state index in [-0.39, 0.29) is 0 Å². The molecule has 0 aromatic rings. The van der Waals surface area contributed by atoms with Gasteiger partial charge in [0.25, 0.3) is 0 Å². The molecule has 1 aliphatic carbocycles. The van der Waals surface area contributed by atoms with Gasteiger partial charge < -0.3 is 15.0 Å². The molecule has 0 unspecified atom stereocenters. The molecule has 0 radical (unpaired) electrons. The van der Waals surface area contributed by atoms with Crippen molar-refractivity contribution in [3.05, 3.63) is 0 Å². The summed E-state index contributed by atoms with van der Waals surface area (Å²) < 4.78 is 5.11. The van der Waals surface area contributed by atoms with Crippen LogP contribution in [0.4, 0.5) is 0 Å². The van der Waals surface area contributed by atoms with E-state index in [0.717, 1.165) is 32.2 Å². The topological polar surface area (TPSA) is 24.5 Å². The highest BCUT2D eigenvalue weighted by Gasteiger charge is 2.34. The van der Waals surface area contributed by atoms with Gasteiger partial charge in [-0.15, -0.1) is 0 Å². The van der Waals surface area contributed by atoms with Crippen molar-refractivity contribution >= 4 is 0 Å². The third kappa shape index (κ3) is 5.25. The van der Waals surface area contributed by atoms with E-state index in [4.69, 9.17) is 4.74 Å². The Balaban J connectivity index is 2.46. The molecule has 1 saturated carbocycles. The van der Waals surface area contributed by atoms with Gasteiger partial charge in [0.05, 0.1) is 6.61 Å². The minimum atomic E-state index is 0.491. The summed E-state index contributed by atoms with van der Waals surface area (Å²) in [5.74, 6) is 0.920. The number of ether oxygens (including phenoxy) is 1. The fraction of sp³-hybridized carbons (Fsp3) is 1.00.